The quantitative estimate of drug-likeness (QED) is 0.925. The molecule has 2 saturated carbocycles. The van der Waals surface area contributed by atoms with E-state index >= 15 is 0 Å². The molecule has 2 heterocycles. The Morgan fingerprint density at radius 2 is 2.14 bits per heavy atom. The molecule has 4 rings (SSSR count). The molecule has 4 heteroatoms. The molecule has 22 heavy (non-hydrogen) atoms. The van der Waals surface area contributed by atoms with Gasteiger partial charge in [-0.3, -0.25) is 4.90 Å². The number of likely N-dealkylation sites (tertiary alicyclic amines) is 1. The van der Waals surface area contributed by atoms with E-state index in [9.17, 15) is 5.11 Å². The van der Waals surface area contributed by atoms with Gasteiger partial charge in [0.25, 0.3) is 0 Å². The average Bonchev–Trinajstić information content (AvgIpc) is 3.07. The number of hydrogen-bond donors (Lipinski definition) is 1. The third-order valence-electron chi connectivity index (χ3n) is 6.02. The normalized spacial score (nSPS) is 36.8. The van der Waals surface area contributed by atoms with Crippen molar-refractivity contribution in [2.75, 3.05) is 6.54 Å². The maximum absolute atomic E-state index is 10.8. The van der Waals surface area contributed by atoms with E-state index in [2.05, 4.69) is 9.88 Å². The summed E-state index contributed by atoms with van der Waals surface area (Å²) >= 11 is 0. The third kappa shape index (κ3) is 2.83. The molecule has 0 amide bonds. The summed E-state index contributed by atoms with van der Waals surface area (Å²) in [4.78, 5) is 6.99. The molecule has 3 aliphatic rings. The van der Waals surface area contributed by atoms with Gasteiger partial charge < -0.3 is 9.52 Å². The maximum Gasteiger partial charge on any atom is 0.208 e. The second kappa shape index (κ2) is 5.64. The third-order valence-corrected chi connectivity index (χ3v) is 6.02. The highest BCUT2D eigenvalue weighted by molar-refractivity contribution is 5.08. The fourth-order valence-corrected chi connectivity index (χ4v) is 4.58. The number of rotatable bonds is 4. The zero-order chi connectivity index (χ0) is 15.2. The SMILES string of the molecule is C[C@]1(O)CCCC[C@H]1[C@H]1CCCN1Cc1ncc(C2CC2)o1. The topological polar surface area (TPSA) is 49.5 Å². The van der Waals surface area contributed by atoms with Crippen LogP contribution in [0.4, 0.5) is 0 Å². The monoisotopic (exact) mass is 304 g/mol. The lowest BCUT2D eigenvalue weighted by Gasteiger charge is -2.43. The summed E-state index contributed by atoms with van der Waals surface area (Å²) in [7, 11) is 0. The van der Waals surface area contributed by atoms with Crippen LogP contribution in [0.25, 0.3) is 0 Å². The molecule has 1 aliphatic heterocycles. The summed E-state index contributed by atoms with van der Waals surface area (Å²) in [5.74, 6) is 2.98. The van der Waals surface area contributed by atoms with Gasteiger partial charge in [0.1, 0.15) is 5.76 Å². The Kier molecular flexibility index (Phi) is 3.77. The molecule has 0 radical (unpaired) electrons. The largest absolute Gasteiger partial charge is 0.444 e. The molecule has 0 unspecified atom stereocenters. The molecule has 4 nitrogen and oxygen atoms in total. The summed E-state index contributed by atoms with van der Waals surface area (Å²) in [6.45, 7) is 3.96. The van der Waals surface area contributed by atoms with Crippen molar-refractivity contribution >= 4 is 0 Å². The van der Waals surface area contributed by atoms with Gasteiger partial charge in [0.15, 0.2) is 0 Å². The van der Waals surface area contributed by atoms with Crippen molar-refractivity contribution in [1.29, 1.82) is 0 Å². The molecule has 3 atom stereocenters. The van der Waals surface area contributed by atoms with Crippen molar-refractivity contribution in [2.45, 2.75) is 82.4 Å². The van der Waals surface area contributed by atoms with Crippen molar-refractivity contribution in [3.63, 3.8) is 0 Å². The molecular formula is C18H28N2O2. The Balaban J connectivity index is 1.45. The number of aromatic nitrogens is 1. The van der Waals surface area contributed by atoms with Crippen LogP contribution in [-0.4, -0.2) is 33.2 Å². The van der Waals surface area contributed by atoms with Gasteiger partial charge in [-0.1, -0.05) is 12.8 Å². The van der Waals surface area contributed by atoms with E-state index in [1.54, 1.807) is 0 Å². The minimum Gasteiger partial charge on any atom is -0.444 e. The molecule has 0 spiro atoms. The van der Waals surface area contributed by atoms with E-state index in [1.807, 2.05) is 13.1 Å². The highest BCUT2D eigenvalue weighted by Crippen LogP contribution is 2.42. The molecule has 1 saturated heterocycles. The Bertz CT molecular complexity index is 521. The lowest BCUT2D eigenvalue weighted by atomic mass is 9.72. The van der Waals surface area contributed by atoms with Crippen LogP contribution >= 0.6 is 0 Å². The van der Waals surface area contributed by atoms with E-state index in [0.717, 1.165) is 37.6 Å². The second-order valence-corrected chi connectivity index (χ2v) is 7.82. The molecule has 0 bridgehead atoms. The Morgan fingerprint density at radius 1 is 1.27 bits per heavy atom. The standard InChI is InChI=1S/C18H28N2O2/c1-18(21)9-3-2-5-14(18)15-6-4-10-20(15)12-17-19-11-16(22-17)13-7-8-13/h11,13-15,21H,2-10,12H2,1H3/t14-,15+,18-/m0/s1. The molecule has 3 fully saturated rings. The molecule has 1 N–H and O–H groups in total. The Labute approximate surface area is 132 Å². The van der Waals surface area contributed by atoms with Crippen LogP contribution in [0, 0.1) is 5.92 Å². The molecule has 1 aromatic heterocycles. The van der Waals surface area contributed by atoms with Crippen LogP contribution < -0.4 is 0 Å². The smallest absolute Gasteiger partial charge is 0.208 e. The van der Waals surface area contributed by atoms with Crippen LogP contribution in [0.15, 0.2) is 10.6 Å². The van der Waals surface area contributed by atoms with Crippen LogP contribution in [-0.2, 0) is 6.54 Å². The first-order valence-corrected chi connectivity index (χ1v) is 9.04. The van der Waals surface area contributed by atoms with Crippen molar-refractivity contribution in [1.82, 2.24) is 9.88 Å². The molecule has 2 aliphatic carbocycles. The fraction of sp³-hybridized carbons (Fsp3) is 0.833. The summed E-state index contributed by atoms with van der Waals surface area (Å²) in [5, 5.41) is 10.8. The summed E-state index contributed by atoms with van der Waals surface area (Å²) in [6, 6.07) is 0.492. The first kappa shape index (κ1) is 14.7. The number of aliphatic hydroxyl groups is 1. The second-order valence-electron chi connectivity index (χ2n) is 7.82. The zero-order valence-electron chi connectivity index (χ0n) is 13.6. The van der Waals surface area contributed by atoms with Crippen LogP contribution in [0.2, 0.25) is 0 Å². The van der Waals surface area contributed by atoms with E-state index in [0.29, 0.717) is 17.9 Å². The lowest BCUT2D eigenvalue weighted by molar-refractivity contribution is -0.0636. The summed E-state index contributed by atoms with van der Waals surface area (Å²) in [5.41, 5.74) is -0.499. The van der Waals surface area contributed by atoms with E-state index < -0.39 is 5.60 Å². The number of oxazole rings is 1. The zero-order valence-corrected chi connectivity index (χ0v) is 13.6. The maximum atomic E-state index is 10.8. The van der Waals surface area contributed by atoms with Crippen LogP contribution in [0.3, 0.4) is 0 Å². The minimum absolute atomic E-state index is 0.404. The lowest BCUT2D eigenvalue weighted by Crippen LogP contribution is -2.48. The average molecular weight is 304 g/mol. The van der Waals surface area contributed by atoms with Crippen molar-refractivity contribution in [3.05, 3.63) is 17.8 Å². The number of hydrogen-bond acceptors (Lipinski definition) is 4. The van der Waals surface area contributed by atoms with E-state index in [-0.39, 0.29) is 0 Å². The minimum atomic E-state index is -0.499. The highest BCUT2D eigenvalue weighted by atomic mass is 16.4. The Hall–Kier alpha value is -0.870. The van der Waals surface area contributed by atoms with Gasteiger partial charge in [-0.25, -0.2) is 4.98 Å². The van der Waals surface area contributed by atoms with E-state index in [1.165, 1.54) is 38.5 Å². The van der Waals surface area contributed by atoms with Gasteiger partial charge in [0.05, 0.1) is 18.3 Å². The Morgan fingerprint density at radius 3 is 2.91 bits per heavy atom. The van der Waals surface area contributed by atoms with Crippen LogP contribution in [0.1, 0.15) is 75.9 Å². The van der Waals surface area contributed by atoms with Crippen molar-refractivity contribution < 1.29 is 9.52 Å². The van der Waals surface area contributed by atoms with Crippen molar-refractivity contribution in [3.8, 4) is 0 Å². The van der Waals surface area contributed by atoms with Gasteiger partial charge >= 0.3 is 0 Å². The van der Waals surface area contributed by atoms with Gasteiger partial charge in [-0.15, -0.1) is 0 Å². The first-order chi connectivity index (χ1) is 10.6. The molecule has 0 aromatic carbocycles. The fourth-order valence-electron chi connectivity index (χ4n) is 4.58. The highest BCUT2D eigenvalue weighted by Gasteiger charge is 2.43. The predicted molar refractivity (Wildman–Crippen MR) is 84.5 cm³/mol. The predicted octanol–water partition coefficient (Wildman–Crippen LogP) is 3.46. The van der Waals surface area contributed by atoms with Gasteiger partial charge in [-0.05, 0) is 52.0 Å². The first-order valence-electron chi connectivity index (χ1n) is 9.04. The summed E-state index contributed by atoms with van der Waals surface area (Å²) in [6.07, 6.45) is 11.4. The van der Waals surface area contributed by atoms with Crippen LogP contribution in [0.5, 0.6) is 0 Å². The molecule has 122 valence electrons. The van der Waals surface area contributed by atoms with Crippen molar-refractivity contribution in [2.24, 2.45) is 5.92 Å². The van der Waals surface area contributed by atoms with Gasteiger partial charge in [-0.2, -0.15) is 0 Å². The molecular weight excluding hydrogens is 276 g/mol. The summed E-state index contributed by atoms with van der Waals surface area (Å²) < 4.78 is 5.94. The molecule has 1 aromatic rings. The van der Waals surface area contributed by atoms with Gasteiger partial charge in [0, 0.05) is 17.9 Å². The van der Waals surface area contributed by atoms with Gasteiger partial charge in [0.2, 0.25) is 5.89 Å². The number of nitrogens with zero attached hydrogens (tertiary/aromatic N) is 2. The van der Waals surface area contributed by atoms with E-state index in [4.69, 9.17) is 4.42 Å².